The number of hydrogen-bond donors (Lipinski definition) is 2. The minimum absolute atomic E-state index is 0.105. The molecule has 1 atom stereocenters. The van der Waals surface area contributed by atoms with Crippen LogP contribution < -0.4 is 11.1 Å². The van der Waals surface area contributed by atoms with Crippen molar-refractivity contribution in [3.8, 4) is 0 Å². The highest BCUT2D eigenvalue weighted by Gasteiger charge is 2.29. The van der Waals surface area contributed by atoms with Crippen molar-refractivity contribution in [2.45, 2.75) is 30.4 Å². The molecule has 0 aliphatic heterocycles. The van der Waals surface area contributed by atoms with E-state index in [2.05, 4.69) is 5.32 Å². The first-order valence-corrected chi connectivity index (χ1v) is 8.22. The van der Waals surface area contributed by atoms with Crippen LogP contribution in [0.3, 0.4) is 0 Å². The van der Waals surface area contributed by atoms with Crippen LogP contribution in [-0.2, 0) is 19.4 Å². The molecule has 0 radical (unpaired) electrons. The lowest BCUT2D eigenvalue weighted by atomic mass is 10.2. The third kappa shape index (κ3) is 4.44. The van der Waals surface area contributed by atoms with E-state index in [1.165, 1.54) is 25.1 Å². The number of nitrogen functional groups attached to an aromatic ring is 1. The Morgan fingerprint density at radius 1 is 1.43 bits per heavy atom. The van der Waals surface area contributed by atoms with E-state index in [0.717, 1.165) is 0 Å². The summed E-state index contributed by atoms with van der Waals surface area (Å²) in [6.45, 7) is 4.00. The molecule has 0 aromatic heterocycles. The molecule has 0 fully saturated rings. The summed E-state index contributed by atoms with van der Waals surface area (Å²) in [5.41, 5.74) is 6.87. The topological polar surface area (TPSA) is 98.5 Å². The number of nitrogens with one attached hydrogen (secondary N) is 1. The van der Waals surface area contributed by atoms with Crippen LogP contribution in [0.25, 0.3) is 0 Å². The monoisotopic (exact) mass is 314 g/mol. The Balaban J connectivity index is 2.81. The Hall–Kier alpha value is -1.60. The van der Waals surface area contributed by atoms with E-state index in [0.29, 0.717) is 30.8 Å². The number of aryl methyl sites for hydroxylation is 1. The Labute approximate surface area is 125 Å². The van der Waals surface area contributed by atoms with Crippen molar-refractivity contribution in [2.75, 3.05) is 26.0 Å². The van der Waals surface area contributed by atoms with E-state index in [9.17, 15) is 13.2 Å². The summed E-state index contributed by atoms with van der Waals surface area (Å²) in [7, 11) is -2.15. The van der Waals surface area contributed by atoms with Crippen molar-refractivity contribution >= 4 is 21.4 Å². The van der Waals surface area contributed by atoms with Gasteiger partial charge in [-0.15, -0.1) is 0 Å². The Kier molecular flexibility index (Phi) is 6.17. The van der Waals surface area contributed by atoms with E-state index in [1.807, 2.05) is 0 Å². The number of benzene rings is 1. The normalized spacial score (nSPS) is 12.9. The van der Waals surface area contributed by atoms with Crippen LogP contribution in [0, 0.1) is 6.92 Å². The van der Waals surface area contributed by atoms with Gasteiger partial charge >= 0.3 is 0 Å². The molecule has 0 saturated carbocycles. The molecule has 1 amide bonds. The summed E-state index contributed by atoms with van der Waals surface area (Å²) in [5, 5.41) is 1.45. The number of amides is 1. The van der Waals surface area contributed by atoms with Crippen LogP contribution in [0.15, 0.2) is 23.1 Å². The smallest absolute Gasteiger partial charge is 0.238 e. The molecule has 1 rings (SSSR count). The van der Waals surface area contributed by atoms with E-state index in [1.54, 1.807) is 14.0 Å². The molecule has 0 aliphatic rings. The van der Waals surface area contributed by atoms with Gasteiger partial charge in [-0.3, -0.25) is 4.79 Å². The third-order valence-corrected chi connectivity index (χ3v) is 5.28. The molecule has 0 heterocycles. The maximum absolute atomic E-state index is 12.4. The molecule has 1 aromatic carbocycles. The van der Waals surface area contributed by atoms with Gasteiger partial charge in [0, 0.05) is 25.9 Å². The van der Waals surface area contributed by atoms with E-state index in [4.69, 9.17) is 10.5 Å². The van der Waals surface area contributed by atoms with Crippen LogP contribution >= 0.6 is 0 Å². The minimum atomic E-state index is -3.72. The fourth-order valence-electron chi connectivity index (χ4n) is 1.74. The molecular weight excluding hydrogens is 292 g/mol. The fourth-order valence-corrected chi connectivity index (χ4v) is 3.11. The zero-order chi connectivity index (χ0) is 16.0. The lowest BCUT2D eigenvalue weighted by Gasteiger charge is -2.14. The highest BCUT2D eigenvalue weighted by molar-refractivity contribution is 7.92. The average Bonchev–Trinajstić information content (AvgIpc) is 2.45. The number of hydrogen-bond acceptors (Lipinski definition) is 5. The second kappa shape index (κ2) is 7.42. The van der Waals surface area contributed by atoms with Crippen molar-refractivity contribution in [1.29, 1.82) is 0 Å². The summed E-state index contributed by atoms with van der Waals surface area (Å²) in [6.07, 6.45) is 0.635. The lowest BCUT2D eigenvalue weighted by molar-refractivity contribution is -0.120. The predicted molar refractivity (Wildman–Crippen MR) is 81.7 cm³/mol. The van der Waals surface area contributed by atoms with Gasteiger partial charge in [-0.1, -0.05) is 0 Å². The molecule has 118 valence electrons. The molecule has 0 spiro atoms. The van der Waals surface area contributed by atoms with Crippen molar-refractivity contribution in [2.24, 2.45) is 0 Å². The summed E-state index contributed by atoms with van der Waals surface area (Å²) in [4.78, 5) is 12.0. The number of ether oxygens (including phenoxy) is 1. The van der Waals surface area contributed by atoms with Gasteiger partial charge in [0.25, 0.3) is 0 Å². The fraction of sp³-hybridized carbons (Fsp3) is 0.500. The number of nitrogens with two attached hydrogens (primary N) is 1. The highest BCUT2D eigenvalue weighted by Crippen LogP contribution is 2.21. The first-order chi connectivity index (χ1) is 9.80. The first-order valence-electron chi connectivity index (χ1n) is 6.67. The minimum Gasteiger partial charge on any atom is -0.399 e. The number of carbonyl (C=O) groups excluding carboxylic acids is 1. The Morgan fingerprint density at radius 3 is 2.67 bits per heavy atom. The van der Waals surface area contributed by atoms with Crippen molar-refractivity contribution < 1.29 is 17.9 Å². The zero-order valence-corrected chi connectivity index (χ0v) is 13.4. The van der Waals surface area contributed by atoms with Gasteiger partial charge in [0.1, 0.15) is 5.25 Å². The SMILES string of the molecule is COCCCNC(=O)C(C)S(=O)(=O)c1ccc(N)c(C)c1. The van der Waals surface area contributed by atoms with Crippen molar-refractivity contribution in [3.05, 3.63) is 23.8 Å². The van der Waals surface area contributed by atoms with Gasteiger partial charge in [0.15, 0.2) is 9.84 Å². The van der Waals surface area contributed by atoms with Gasteiger partial charge in [-0.25, -0.2) is 8.42 Å². The van der Waals surface area contributed by atoms with Gasteiger partial charge in [-0.2, -0.15) is 0 Å². The summed E-state index contributed by atoms with van der Waals surface area (Å²) in [5.74, 6) is -0.513. The summed E-state index contributed by atoms with van der Waals surface area (Å²) in [6, 6.07) is 4.44. The zero-order valence-electron chi connectivity index (χ0n) is 12.5. The largest absolute Gasteiger partial charge is 0.399 e. The predicted octanol–water partition coefficient (Wildman–Crippen LogP) is 0.892. The maximum Gasteiger partial charge on any atom is 0.238 e. The van der Waals surface area contributed by atoms with Crippen LogP contribution in [0.5, 0.6) is 0 Å². The first kappa shape index (κ1) is 17.5. The van der Waals surface area contributed by atoms with Crippen LogP contribution in [0.4, 0.5) is 5.69 Å². The number of rotatable bonds is 7. The average molecular weight is 314 g/mol. The molecule has 0 saturated heterocycles. The van der Waals surface area contributed by atoms with Crippen LogP contribution in [0.2, 0.25) is 0 Å². The number of sulfone groups is 1. The van der Waals surface area contributed by atoms with Gasteiger partial charge in [0.2, 0.25) is 5.91 Å². The number of methoxy groups -OCH3 is 1. The van der Waals surface area contributed by atoms with Gasteiger partial charge in [-0.05, 0) is 44.0 Å². The number of anilines is 1. The molecule has 7 heteroatoms. The molecule has 6 nitrogen and oxygen atoms in total. The maximum atomic E-state index is 12.4. The molecule has 0 bridgehead atoms. The van der Waals surface area contributed by atoms with Gasteiger partial charge in [0.05, 0.1) is 4.90 Å². The summed E-state index contributed by atoms with van der Waals surface area (Å²) >= 11 is 0. The molecule has 21 heavy (non-hydrogen) atoms. The van der Waals surface area contributed by atoms with Crippen molar-refractivity contribution in [3.63, 3.8) is 0 Å². The highest BCUT2D eigenvalue weighted by atomic mass is 32.2. The Morgan fingerprint density at radius 2 is 2.10 bits per heavy atom. The quantitative estimate of drug-likeness (QED) is 0.575. The molecule has 0 aliphatic carbocycles. The lowest BCUT2D eigenvalue weighted by Crippen LogP contribution is -2.38. The van der Waals surface area contributed by atoms with E-state index in [-0.39, 0.29) is 4.90 Å². The molecule has 1 aromatic rings. The second-order valence-corrected chi connectivity index (χ2v) is 7.11. The van der Waals surface area contributed by atoms with E-state index < -0.39 is 21.0 Å². The van der Waals surface area contributed by atoms with Crippen LogP contribution in [-0.4, -0.2) is 39.8 Å². The molecule has 3 N–H and O–H groups in total. The standard InChI is InChI=1S/C14H22N2O4S/c1-10-9-12(5-6-13(10)15)21(18,19)11(2)14(17)16-7-4-8-20-3/h5-6,9,11H,4,7-8,15H2,1-3H3,(H,16,17). The second-order valence-electron chi connectivity index (χ2n) is 4.84. The van der Waals surface area contributed by atoms with E-state index >= 15 is 0 Å². The molecular formula is C14H22N2O4S. The van der Waals surface area contributed by atoms with Gasteiger partial charge < -0.3 is 15.8 Å². The molecule has 1 unspecified atom stereocenters. The third-order valence-electron chi connectivity index (χ3n) is 3.23. The number of carbonyl (C=O) groups is 1. The van der Waals surface area contributed by atoms with Crippen LogP contribution in [0.1, 0.15) is 18.9 Å². The van der Waals surface area contributed by atoms with Crippen molar-refractivity contribution in [1.82, 2.24) is 5.32 Å². The summed E-state index contributed by atoms with van der Waals surface area (Å²) < 4.78 is 29.7. The Bertz CT molecular complexity index is 599.